The molecule has 5 aromatic carbocycles. The lowest BCUT2D eigenvalue weighted by Gasteiger charge is -2.28. The molecule has 0 aromatic heterocycles. The van der Waals surface area contributed by atoms with Gasteiger partial charge in [-0.05, 0) is 89.2 Å². The van der Waals surface area contributed by atoms with Crippen LogP contribution in [0.3, 0.4) is 0 Å². The van der Waals surface area contributed by atoms with Crippen molar-refractivity contribution in [1.29, 1.82) is 0 Å². The van der Waals surface area contributed by atoms with Crippen LogP contribution in [-0.2, 0) is 5.41 Å². The summed E-state index contributed by atoms with van der Waals surface area (Å²) in [5.74, 6) is 0. The van der Waals surface area contributed by atoms with Crippen molar-refractivity contribution in [3.63, 3.8) is 0 Å². The van der Waals surface area contributed by atoms with E-state index in [4.69, 9.17) is 0 Å². The van der Waals surface area contributed by atoms with Crippen molar-refractivity contribution in [1.82, 2.24) is 0 Å². The summed E-state index contributed by atoms with van der Waals surface area (Å²) in [4.78, 5) is 2.32. The maximum Gasteiger partial charge on any atom is 0.0462 e. The van der Waals surface area contributed by atoms with Crippen LogP contribution in [0, 0.1) is 6.92 Å². The van der Waals surface area contributed by atoms with Gasteiger partial charge in [-0.2, -0.15) is 0 Å². The third-order valence-corrected chi connectivity index (χ3v) is 9.19. The number of nitrogens with zero attached hydrogens (tertiary/aromatic N) is 1. The Morgan fingerprint density at radius 3 is 1.69 bits per heavy atom. The SMILES string of the molecule is CCCCCCCCC1(C)c2cc(C)ccc2-c2ccc(-c3ccc(N(c4ccccc4)c4ccccc4)cc3)cc21. The first-order chi connectivity index (χ1) is 20.6. The van der Waals surface area contributed by atoms with Gasteiger partial charge in [0, 0.05) is 22.5 Å². The van der Waals surface area contributed by atoms with Gasteiger partial charge in [-0.1, -0.05) is 137 Å². The highest BCUT2D eigenvalue weighted by Crippen LogP contribution is 2.52. The van der Waals surface area contributed by atoms with E-state index in [1.165, 1.54) is 83.9 Å². The second kappa shape index (κ2) is 12.4. The topological polar surface area (TPSA) is 3.24 Å². The van der Waals surface area contributed by atoms with Gasteiger partial charge in [0.2, 0.25) is 0 Å². The van der Waals surface area contributed by atoms with E-state index in [2.05, 4.69) is 147 Å². The Kier molecular flexibility index (Phi) is 8.29. The average Bonchev–Trinajstić information content (AvgIpc) is 3.27. The summed E-state index contributed by atoms with van der Waals surface area (Å²) in [5, 5.41) is 0. The maximum atomic E-state index is 2.49. The number of para-hydroxylation sites is 2. The van der Waals surface area contributed by atoms with Gasteiger partial charge < -0.3 is 4.90 Å². The fraction of sp³-hybridized carbons (Fsp3) is 0.268. The van der Waals surface area contributed by atoms with Crippen LogP contribution >= 0.6 is 0 Å². The quantitative estimate of drug-likeness (QED) is 0.148. The van der Waals surface area contributed by atoms with Crippen LogP contribution in [0.15, 0.2) is 121 Å². The molecule has 1 aliphatic rings. The van der Waals surface area contributed by atoms with Crippen LogP contribution in [-0.4, -0.2) is 0 Å². The molecule has 0 amide bonds. The zero-order valence-electron chi connectivity index (χ0n) is 25.4. The predicted octanol–water partition coefficient (Wildman–Crippen LogP) is 12.2. The van der Waals surface area contributed by atoms with E-state index in [1.54, 1.807) is 0 Å². The molecule has 0 radical (unpaired) electrons. The van der Waals surface area contributed by atoms with Gasteiger partial charge in [0.05, 0.1) is 0 Å². The van der Waals surface area contributed by atoms with Crippen molar-refractivity contribution in [2.24, 2.45) is 0 Å². The lowest BCUT2D eigenvalue weighted by molar-refractivity contribution is 0.480. The summed E-state index contributed by atoms with van der Waals surface area (Å²) in [6.07, 6.45) is 9.19. The van der Waals surface area contributed by atoms with Gasteiger partial charge in [0.1, 0.15) is 0 Å². The molecule has 1 atom stereocenters. The fourth-order valence-electron chi connectivity index (χ4n) is 6.84. The minimum atomic E-state index is 0.0504. The number of anilines is 3. The van der Waals surface area contributed by atoms with Crippen molar-refractivity contribution in [3.05, 3.63) is 138 Å². The molecule has 0 spiro atoms. The van der Waals surface area contributed by atoms with Gasteiger partial charge in [-0.3, -0.25) is 0 Å². The van der Waals surface area contributed by atoms with E-state index in [-0.39, 0.29) is 5.41 Å². The zero-order chi connectivity index (χ0) is 28.9. The highest BCUT2D eigenvalue weighted by molar-refractivity contribution is 5.85. The van der Waals surface area contributed by atoms with E-state index in [9.17, 15) is 0 Å². The molecule has 5 aromatic rings. The van der Waals surface area contributed by atoms with Gasteiger partial charge >= 0.3 is 0 Å². The first-order valence-corrected chi connectivity index (χ1v) is 15.9. The Bertz CT molecular complexity index is 1580. The van der Waals surface area contributed by atoms with Crippen LogP contribution in [0.1, 0.15) is 75.5 Å². The molecule has 0 N–H and O–H groups in total. The molecule has 0 heterocycles. The van der Waals surface area contributed by atoms with Crippen molar-refractivity contribution in [2.45, 2.75) is 71.1 Å². The summed E-state index contributed by atoms with van der Waals surface area (Å²) in [5.41, 5.74) is 13.3. The molecule has 42 heavy (non-hydrogen) atoms. The molecular formula is C41H43N. The first-order valence-electron chi connectivity index (χ1n) is 15.9. The van der Waals surface area contributed by atoms with Gasteiger partial charge in [0.25, 0.3) is 0 Å². The highest BCUT2D eigenvalue weighted by atomic mass is 15.1. The standard InChI is InChI=1S/C41H43N/c1-4-5-6-7-8-15-28-41(3)39-29-31(2)20-26-37(39)38-27-23-33(30-40(38)41)32-21-24-36(25-22-32)42(34-16-11-9-12-17-34)35-18-13-10-14-19-35/h9-14,16-27,29-30H,4-8,15,28H2,1-3H3. The van der Waals surface area contributed by atoms with Gasteiger partial charge in [0.15, 0.2) is 0 Å². The minimum absolute atomic E-state index is 0.0504. The second-order valence-corrected chi connectivity index (χ2v) is 12.2. The lowest BCUT2D eigenvalue weighted by atomic mass is 9.75. The van der Waals surface area contributed by atoms with Gasteiger partial charge in [-0.25, -0.2) is 0 Å². The molecule has 1 nitrogen and oxygen atoms in total. The first kappa shape index (κ1) is 28.0. The Labute approximate surface area is 252 Å². The van der Waals surface area contributed by atoms with Crippen molar-refractivity contribution < 1.29 is 0 Å². The molecule has 212 valence electrons. The van der Waals surface area contributed by atoms with E-state index < -0.39 is 0 Å². The Morgan fingerprint density at radius 2 is 1.05 bits per heavy atom. The summed E-state index contributed by atoms with van der Waals surface area (Å²) in [7, 11) is 0. The van der Waals surface area contributed by atoms with Crippen LogP contribution in [0.2, 0.25) is 0 Å². The molecule has 1 aliphatic carbocycles. The smallest absolute Gasteiger partial charge is 0.0462 e. The largest absolute Gasteiger partial charge is 0.311 e. The Morgan fingerprint density at radius 1 is 0.524 bits per heavy atom. The molecule has 0 bridgehead atoms. The van der Waals surface area contributed by atoms with Crippen LogP contribution in [0.4, 0.5) is 17.1 Å². The molecule has 0 fully saturated rings. The van der Waals surface area contributed by atoms with Gasteiger partial charge in [-0.15, -0.1) is 0 Å². The highest BCUT2D eigenvalue weighted by Gasteiger charge is 2.39. The van der Waals surface area contributed by atoms with Crippen molar-refractivity contribution in [3.8, 4) is 22.3 Å². The number of benzene rings is 5. The maximum absolute atomic E-state index is 2.49. The minimum Gasteiger partial charge on any atom is -0.311 e. The fourth-order valence-corrected chi connectivity index (χ4v) is 6.84. The summed E-state index contributed by atoms with van der Waals surface area (Å²) in [6, 6.07) is 44.6. The molecule has 6 rings (SSSR count). The van der Waals surface area contributed by atoms with Crippen molar-refractivity contribution in [2.75, 3.05) is 4.90 Å². The number of unbranched alkanes of at least 4 members (excludes halogenated alkanes) is 5. The Hall–Kier alpha value is -4.10. The van der Waals surface area contributed by atoms with Crippen molar-refractivity contribution >= 4 is 17.1 Å². The number of fused-ring (bicyclic) bond motifs is 3. The molecule has 1 heteroatoms. The van der Waals surface area contributed by atoms with E-state index in [0.29, 0.717) is 0 Å². The summed E-state index contributed by atoms with van der Waals surface area (Å²) < 4.78 is 0. The predicted molar refractivity (Wildman–Crippen MR) is 181 cm³/mol. The molecule has 0 saturated carbocycles. The number of rotatable bonds is 11. The molecule has 0 saturated heterocycles. The summed E-state index contributed by atoms with van der Waals surface area (Å²) in [6.45, 7) is 7.02. The van der Waals surface area contributed by atoms with Crippen LogP contribution < -0.4 is 4.90 Å². The number of aryl methyl sites for hydroxylation is 1. The Balaban J connectivity index is 1.32. The third kappa shape index (κ3) is 5.53. The van der Waals surface area contributed by atoms with E-state index in [1.807, 2.05) is 0 Å². The molecule has 1 unspecified atom stereocenters. The monoisotopic (exact) mass is 549 g/mol. The second-order valence-electron chi connectivity index (χ2n) is 12.2. The van der Waals surface area contributed by atoms with E-state index >= 15 is 0 Å². The van der Waals surface area contributed by atoms with E-state index in [0.717, 1.165) is 17.1 Å². The number of hydrogen-bond acceptors (Lipinski definition) is 1. The summed E-state index contributed by atoms with van der Waals surface area (Å²) >= 11 is 0. The lowest BCUT2D eigenvalue weighted by Crippen LogP contribution is -2.21. The normalized spacial score (nSPS) is 15.3. The third-order valence-electron chi connectivity index (χ3n) is 9.19. The van der Waals surface area contributed by atoms with Crippen LogP contribution in [0.5, 0.6) is 0 Å². The van der Waals surface area contributed by atoms with Crippen LogP contribution in [0.25, 0.3) is 22.3 Å². The number of hydrogen-bond donors (Lipinski definition) is 0. The molecular weight excluding hydrogens is 506 g/mol. The average molecular weight is 550 g/mol. The molecule has 0 aliphatic heterocycles. The zero-order valence-corrected chi connectivity index (χ0v) is 25.4.